The van der Waals surface area contributed by atoms with E-state index in [2.05, 4.69) is 10.2 Å². The van der Waals surface area contributed by atoms with Crippen molar-refractivity contribution in [1.82, 2.24) is 15.1 Å². The summed E-state index contributed by atoms with van der Waals surface area (Å²) in [5.41, 5.74) is 0. The van der Waals surface area contributed by atoms with E-state index in [1.165, 1.54) is 19.3 Å². The second kappa shape index (κ2) is 8.91. The monoisotopic (exact) mass is 377 g/mol. The SMILES string of the molecule is O=C(NCC1CCCO1)C(C1CCCC1)N1CCN(C(=O)C2CCC2)CC1. The van der Waals surface area contributed by atoms with Crippen LogP contribution in [0.2, 0.25) is 0 Å². The van der Waals surface area contributed by atoms with Crippen LogP contribution in [0.4, 0.5) is 0 Å². The first kappa shape index (κ1) is 19.2. The maximum atomic E-state index is 13.1. The van der Waals surface area contributed by atoms with Crippen molar-refractivity contribution in [2.75, 3.05) is 39.3 Å². The summed E-state index contributed by atoms with van der Waals surface area (Å²) in [5.74, 6) is 1.26. The van der Waals surface area contributed by atoms with Crippen molar-refractivity contribution in [2.45, 2.75) is 69.9 Å². The van der Waals surface area contributed by atoms with Crippen LogP contribution >= 0.6 is 0 Å². The average Bonchev–Trinajstić information content (AvgIpc) is 3.33. The molecule has 6 heteroatoms. The molecule has 27 heavy (non-hydrogen) atoms. The summed E-state index contributed by atoms with van der Waals surface area (Å²) in [5, 5.41) is 3.18. The number of piperazine rings is 1. The molecule has 0 spiro atoms. The molecule has 0 bridgehead atoms. The number of hydrogen-bond acceptors (Lipinski definition) is 4. The molecule has 0 aromatic rings. The molecular weight excluding hydrogens is 342 g/mol. The van der Waals surface area contributed by atoms with Gasteiger partial charge in [-0.05, 0) is 44.4 Å². The van der Waals surface area contributed by atoms with E-state index in [0.717, 1.165) is 71.3 Å². The molecule has 2 atom stereocenters. The number of carbonyl (C=O) groups excluding carboxylic acids is 2. The molecular formula is C21H35N3O3. The third kappa shape index (κ3) is 4.48. The van der Waals surface area contributed by atoms with Crippen LogP contribution in [0.5, 0.6) is 0 Å². The van der Waals surface area contributed by atoms with Crippen molar-refractivity contribution >= 4 is 11.8 Å². The van der Waals surface area contributed by atoms with Crippen LogP contribution in [-0.4, -0.2) is 73.1 Å². The summed E-state index contributed by atoms with van der Waals surface area (Å²) in [6, 6.07) is -0.0325. The van der Waals surface area contributed by atoms with Crippen LogP contribution in [0.3, 0.4) is 0 Å². The Morgan fingerprint density at radius 3 is 2.26 bits per heavy atom. The van der Waals surface area contributed by atoms with Crippen LogP contribution < -0.4 is 5.32 Å². The number of carbonyl (C=O) groups is 2. The van der Waals surface area contributed by atoms with Gasteiger partial charge in [0.2, 0.25) is 11.8 Å². The standard InChI is InChI=1S/C21H35N3O3/c25-20(22-15-18-9-4-14-27-18)19(16-5-1-2-6-16)23-10-12-24(13-11-23)21(26)17-7-3-8-17/h16-19H,1-15H2,(H,22,25). The van der Waals surface area contributed by atoms with Gasteiger partial charge in [-0.15, -0.1) is 0 Å². The normalized spacial score (nSPS) is 28.9. The topological polar surface area (TPSA) is 61.9 Å². The van der Waals surface area contributed by atoms with Crippen molar-refractivity contribution in [3.63, 3.8) is 0 Å². The number of rotatable bonds is 6. The lowest BCUT2D eigenvalue weighted by molar-refractivity contribution is -0.141. The Morgan fingerprint density at radius 2 is 1.67 bits per heavy atom. The lowest BCUT2D eigenvalue weighted by Gasteiger charge is -2.42. The maximum Gasteiger partial charge on any atom is 0.237 e. The number of nitrogens with one attached hydrogen (secondary N) is 1. The van der Waals surface area contributed by atoms with Crippen molar-refractivity contribution in [1.29, 1.82) is 0 Å². The highest BCUT2D eigenvalue weighted by Crippen LogP contribution is 2.32. The molecule has 2 amide bonds. The zero-order valence-electron chi connectivity index (χ0n) is 16.5. The first-order chi connectivity index (χ1) is 13.2. The Hall–Kier alpha value is -1.14. The van der Waals surface area contributed by atoms with E-state index in [1.54, 1.807) is 0 Å². The minimum Gasteiger partial charge on any atom is -0.376 e. The molecule has 4 aliphatic rings. The van der Waals surface area contributed by atoms with Gasteiger partial charge in [-0.1, -0.05) is 19.3 Å². The van der Waals surface area contributed by atoms with E-state index in [1.807, 2.05) is 4.90 Å². The summed E-state index contributed by atoms with van der Waals surface area (Å²) < 4.78 is 5.66. The molecule has 2 aliphatic heterocycles. The Balaban J connectivity index is 1.32. The van der Waals surface area contributed by atoms with E-state index in [9.17, 15) is 9.59 Å². The molecule has 2 saturated carbocycles. The molecule has 4 fully saturated rings. The minimum absolute atomic E-state index is 0.0325. The number of ether oxygens (including phenoxy) is 1. The molecule has 2 aliphatic carbocycles. The Labute approximate surface area is 163 Å². The van der Waals surface area contributed by atoms with E-state index in [4.69, 9.17) is 4.74 Å². The van der Waals surface area contributed by atoms with Crippen molar-refractivity contribution in [3.8, 4) is 0 Å². The lowest BCUT2D eigenvalue weighted by atomic mass is 9.84. The van der Waals surface area contributed by atoms with Gasteiger partial charge >= 0.3 is 0 Å². The Morgan fingerprint density at radius 1 is 0.926 bits per heavy atom. The lowest BCUT2D eigenvalue weighted by Crippen LogP contribution is -2.59. The van der Waals surface area contributed by atoms with Gasteiger partial charge in [-0.25, -0.2) is 0 Å². The van der Waals surface area contributed by atoms with Crippen molar-refractivity contribution < 1.29 is 14.3 Å². The van der Waals surface area contributed by atoms with Gasteiger partial charge in [0.1, 0.15) is 0 Å². The van der Waals surface area contributed by atoms with E-state index in [0.29, 0.717) is 18.4 Å². The summed E-state index contributed by atoms with van der Waals surface area (Å²) >= 11 is 0. The maximum absolute atomic E-state index is 13.1. The fraction of sp³-hybridized carbons (Fsp3) is 0.905. The Kier molecular flexibility index (Phi) is 6.33. The molecule has 4 rings (SSSR count). The minimum atomic E-state index is -0.0325. The van der Waals surface area contributed by atoms with Crippen molar-refractivity contribution in [3.05, 3.63) is 0 Å². The molecule has 2 heterocycles. The van der Waals surface area contributed by atoms with Crippen LogP contribution in [0.15, 0.2) is 0 Å². The van der Waals surface area contributed by atoms with Gasteiger partial charge in [0, 0.05) is 45.2 Å². The number of amides is 2. The molecule has 2 unspecified atom stereocenters. The first-order valence-corrected chi connectivity index (χ1v) is 11.1. The van der Waals surface area contributed by atoms with E-state index < -0.39 is 0 Å². The van der Waals surface area contributed by atoms with Gasteiger partial charge in [-0.2, -0.15) is 0 Å². The zero-order valence-corrected chi connectivity index (χ0v) is 16.5. The second-order valence-corrected chi connectivity index (χ2v) is 8.86. The average molecular weight is 378 g/mol. The molecule has 0 aromatic carbocycles. The summed E-state index contributed by atoms with van der Waals surface area (Å²) in [6.45, 7) is 4.67. The molecule has 2 saturated heterocycles. The summed E-state index contributed by atoms with van der Waals surface area (Å²) in [7, 11) is 0. The van der Waals surface area contributed by atoms with Crippen LogP contribution in [0.25, 0.3) is 0 Å². The fourth-order valence-corrected chi connectivity index (χ4v) is 5.21. The highest BCUT2D eigenvalue weighted by Gasteiger charge is 2.38. The van der Waals surface area contributed by atoms with Gasteiger partial charge in [0.15, 0.2) is 0 Å². The first-order valence-electron chi connectivity index (χ1n) is 11.1. The van der Waals surface area contributed by atoms with Crippen LogP contribution in [0.1, 0.15) is 57.8 Å². The fourth-order valence-electron chi connectivity index (χ4n) is 5.21. The van der Waals surface area contributed by atoms with Gasteiger partial charge in [0.05, 0.1) is 12.1 Å². The molecule has 6 nitrogen and oxygen atoms in total. The predicted molar refractivity (Wildman–Crippen MR) is 103 cm³/mol. The third-order valence-electron chi connectivity index (χ3n) is 7.12. The van der Waals surface area contributed by atoms with Crippen LogP contribution in [0, 0.1) is 11.8 Å². The van der Waals surface area contributed by atoms with E-state index >= 15 is 0 Å². The smallest absolute Gasteiger partial charge is 0.237 e. The second-order valence-electron chi connectivity index (χ2n) is 8.86. The molecule has 1 N–H and O–H groups in total. The molecule has 152 valence electrons. The van der Waals surface area contributed by atoms with Crippen LogP contribution in [-0.2, 0) is 14.3 Å². The Bertz CT molecular complexity index is 517. The third-order valence-corrected chi connectivity index (χ3v) is 7.12. The van der Waals surface area contributed by atoms with Gasteiger partial charge in [0.25, 0.3) is 0 Å². The zero-order chi connectivity index (χ0) is 18.6. The van der Waals surface area contributed by atoms with Crippen molar-refractivity contribution in [2.24, 2.45) is 11.8 Å². The largest absolute Gasteiger partial charge is 0.376 e. The van der Waals surface area contributed by atoms with Gasteiger partial charge < -0.3 is 15.0 Å². The van der Waals surface area contributed by atoms with Gasteiger partial charge in [-0.3, -0.25) is 14.5 Å². The summed E-state index contributed by atoms with van der Waals surface area (Å²) in [6.07, 6.45) is 10.4. The number of hydrogen-bond donors (Lipinski definition) is 1. The highest BCUT2D eigenvalue weighted by molar-refractivity contribution is 5.82. The summed E-state index contributed by atoms with van der Waals surface area (Å²) in [4.78, 5) is 30.0. The molecule has 0 aromatic heterocycles. The molecule has 0 radical (unpaired) electrons. The predicted octanol–water partition coefficient (Wildman–Crippen LogP) is 1.78. The number of nitrogens with zero attached hydrogens (tertiary/aromatic N) is 2. The van der Waals surface area contributed by atoms with E-state index in [-0.39, 0.29) is 24.0 Å². The highest BCUT2D eigenvalue weighted by atomic mass is 16.5. The quantitative estimate of drug-likeness (QED) is 0.767.